The van der Waals surface area contributed by atoms with E-state index in [1.807, 2.05) is 13.8 Å². The highest BCUT2D eigenvalue weighted by atomic mass is 16.1. The van der Waals surface area contributed by atoms with Crippen LogP contribution < -0.4 is 0 Å². The Morgan fingerprint density at radius 1 is 1.73 bits per heavy atom. The quantitative estimate of drug-likeness (QED) is 0.525. The van der Waals surface area contributed by atoms with Gasteiger partial charge in [0.1, 0.15) is 5.78 Å². The predicted octanol–water partition coefficient (Wildman–Crippen LogP) is 2.49. The number of ketones is 1. The van der Waals surface area contributed by atoms with Crippen LogP contribution in [0.3, 0.4) is 0 Å². The van der Waals surface area contributed by atoms with Gasteiger partial charge in [0.05, 0.1) is 0 Å². The summed E-state index contributed by atoms with van der Waals surface area (Å²) in [5.41, 5.74) is 2.20. The molecule has 0 unspecified atom stereocenters. The smallest absolute Gasteiger partial charge is 0.144 e. The van der Waals surface area contributed by atoms with E-state index >= 15 is 0 Å². The minimum absolute atomic E-state index is 0.0960. The van der Waals surface area contributed by atoms with Gasteiger partial charge in [0.2, 0.25) is 0 Å². The van der Waals surface area contributed by atoms with Crippen molar-refractivity contribution in [3.8, 4) is 0 Å². The second-order valence-electron chi connectivity index (χ2n) is 3.33. The fourth-order valence-corrected chi connectivity index (χ4v) is 1.40. The summed E-state index contributed by atoms with van der Waals surface area (Å²) in [5.74, 6) is 0.427. The lowest BCUT2D eigenvalue weighted by atomic mass is 9.85. The molecule has 0 bridgehead atoms. The van der Waals surface area contributed by atoms with Gasteiger partial charge in [-0.1, -0.05) is 23.8 Å². The Morgan fingerprint density at radius 2 is 2.36 bits per heavy atom. The molecule has 0 amide bonds. The molecule has 1 atom stereocenters. The maximum atomic E-state index is 11.3. The third kappa shape index (κ3) is 1.79. The average Bonchev–Trinajstić information content (AvgIpc) is 1.85. The lowest BCUT2D eigenvalue weighted by Crippen LogP contribution is -2.18. The number of rotatable bonds is 1. The second kappa shape index (κ2) is 3.04. The van der Waals surface area contributed by atoms with Crippen LogP contribution >= 0.6 is 0 Å². The number of allylic oxidation sites excluding steroid dienone is 3. The van der Waals surface area contributed by atoms with Crippen LogP contribution in [-0.2, 0) is 4.79 Å². The monoisotopic (exact) mass is 150 g/mol. The first kappa shape index (κ1) is 8.25. The van der Waals surface area contributed by atoms with E-state index in [1.54, 1.807) is 0 Å². The van der Waals surface area contributed by atoms with E-state index in [-0.39, 0.29) is 5.92 Å². The summed E-state index contributed by atoms with van der Waals surface area (Å²) in [6, 6.07) is 0. The molecule has 0 radical (unpaired) electrons. The molecular weight excluding hydrogens is 136 g/mol. The maximum absolute atomic E-state index is 11.3. The largest absolute Gasteiger partial charge is 0.299 e. The topological polar surface area (TPSA) is 17.1 Å². The molecule has 0 fully saturated rings. The fraction of sp³-hybridized carbons (Fsp3) is 0.500. The molecule has 1 heteroatoms. The van der Waals surface area contributed by atoms with Crippen LogP contribution in [0, 0.1) is 5.92 Å². The third-order valence-electron chi connectivity index (χ3n) is 2.14. The molecule has 1 aliphatic rings. The van der Waals surface area contributed by atoms with Crippen molar-refractivity contribution in [2.45, 2.75) is 26.7 Å². The summed E-state index contributed by atoms with van der Waals surface area (Å²) in [6.45, 7) is 7.74. The van der Waals surface area contributed by atoms with E-state index in [1.165, 1.54) is 5.57 Å². The molecule has 0 aliphatic heterocycles. The van der Waals surface area contributed by atoms with Crippen LogP contribution in [0.5, 0.6) is 0 Å². The Kier molecular flexibility index (Phi) is 2.28. The predicted molar refractivity (Wildman–Crippen MR) is 46.3 cm³/mol. The molecule has 1 rings (SSSR count). The van der Waals surface area contributed by atoms with E-state index in [9.17, 15) is 4.79 Å². The highest BCUT2D eigenvalue weighted by molar-refractivity contribution is 5.86. The highest BCUT2D eigenvalue weighted by Crippen LogP contribution is 2.24. The molecule has 0 spiro atoms. The Bertz CT molecular complexity index is 223. The highest BCUT2D eigenvalue weighted by Gasteiger charge is 2.21. The molecular formula is C10H14O. The molecule has 0 aromatic heterocycles. The van der Waals surface area contributed by atoms with Crippen molar-refractivity contribution in [1.82, 2.24) is 0 Å². The standard InChI is InChI=1S/C10H14O/c1-7(2)9-5-4-8(3)6-10(9)11/h4,9H,1,5-6H2,2-3H3/t9-/m0/s1. The number of hydrogen-bond donors (Lipinski definition) is 0. The minimum Gasteiger partial charge on any atom is -0.299 e. The lowest BCUT2D eigenvalue weighted by molar-refractivity contribution is -0.121. The molecule has 11 heavy (non-hydrogen) atoms. The summed E-state index contributed by atoms with van der Waals surface area (Å²) in [4.78, 5) is 11.3. The molecule has 0 heterocycles. The van der Waals surface area contributed by atoms with Crippen molar-refractivity contribution >= 4 is 5.78 Å². The van der Waals surface area contributed by atoms with Crippen molar-refractivity contribution in [2.75, 3.05) is 0 Å². The van der Waals surface area contributed by atoms with E-state index in [4.69, 9.17) is 0 Å². The Labute approximate surface area is 67.8 Å². The molecule has 1 nitrogen and oxygen atoms in total. The van der Waals surface area contributed by atoms with Gasteiger partial charge in [-0.05, 0) is 20.3 Å². The molecule has 0 N–H and O–H groups in total. The van der Waals surface area contributed by atoms with Crippen molar-refractivity contribution in [3.63, 3.8) is 0 Å². The minimum atomic E-state index is 0.0960. The van der Waals surface area contributed by atoms with Crippen molar-refractivity contribution < 1.29 is 4.79 Å². The molecule has 0 aromatic rings. The zero-order valence-corrected chi connectivity index (χ0v) is 7.18. The first-order chi connectivity index (χ1) is 5.11. The van der Waals surface area contributed by atoms with Gasteiger partial charge >= 0.3 is 0 Å². The maximum Gasteiger partial charge on any atom is 0.144 e. The van der Waals surface area contributed by atoms with Gasteiger partial charge in [-0.3, -0.25) is 4.79 Å². The second-order valence-corrected chi connectivity index (χ2v) is 3.33. The Balaban J connectivity index is 2.74. The van der Waals surface area contributed by atoms with Gasteiger partial charge in [-0.15, -0.1) is 0 Å². The summed E-state index contributed by atoms with van der Waals surface area (Å²) < 4.78 is 0. The fourth-order valence-electron chi connectivity index (χ4n) is 1.40. The van der Waals surface area contributed by atoms with Crippen LogP contribution in [0.4, 0.5) is 0 Å². The Morgan fingerprint density at radius 3 is 2.82 bits per heavy atom. The van der Waals surface area contributed by atoms with Gasteiger partial charge in [-0.25, -0.2) is 0 Å². The summed E-state index contributed by atoms with van der Waals surface area (Å²) >= 11 is 0. The number of hydrogen-bond acceptors (Lipinski definition) is 1. The molecule has 0 saturated carbocycles. The van der Waals surface area contributed by atoms with Crippen molar-refractivity contribution in [3.05, 3.63) is 23.8 Å². The van der Waals surface area contributed by atoms with Crippen LogP contribution in [-0.4, -0.2) is 5.78 Å². The van der Waals surface area contributed by atoms with Crippen LogP contribution in [0.2, 0.25) is 0 Å². The van der Waals surface area contributed by atoms with Gasteiger partial charge in [0, 0.05) is 12.3 Å². The zero-order valence-electron chi connectivity index (χ0n) is 7.18. The van der Waals surface area contributed by atoms with Gasteiger partial charge in [0.15, 0.2) is 0 Å². The van der Waals surface area contributed by atoms with Gasteiger partial charge in [0.25, 0.3) is 0 Å². The van der Waals surface area contributed by atoms with E-state index in [2.05, 4.69) is 12.7 Å². The molecule has 0 aromatic carbocycles. The number of carbonyl (C=O) groups is 1. The Hall–Kier alpha value is -0.850. The first-order valence-corrected chi connectivity index (χ1v) is 3.95. The van der Waals surface area contributed by atoms with E-state index in [0.29, 0.717) is 12.2 Å². The van der Waals surface area contributed by atoms with Crippen molar-refractivity contribution in [1.29, 1.82) is 0 Å². The van der Waals surface area contributed by atoms with E-state index in [0.717, 1.165) is 12.0 Å². The normalized spacial score (nSPS) is 24.7. The van der Waals surface area contributed by atoms with Gasteiger partial charge < -0.3 is 0 Å². The summed E-state index contributed by atoms with van der Waals surface area (Å²) in [7, 11) is 0. The molecule has 60 valence electrons. The number of Topliss-reactive ketones (excluding diaryl/α,β-unsaturated/α-hetero) is 1. The third-order valence-corrected chi connectivity index (χ3v) is 2.14. The average molecular weight is 150 g/mol. The molecule has 1 aliphatic carbocycles. The summed E-state index contributed by atoms with van der Waals surface area (Å²) in [6.07, 6.45) is 3.62. The lowest BCUT2D eigenvalue weighted by Gasteiger charge is -2.18. The number of carbonyl (C=O) groups excluding carboxylic acids is 1. The van der Waals surface area contributed by atoms with Crippen LogP contribution in [0.1, 0.15) is 26.7 Å². The summed E-state index contributed by atoms with van der Waals surface area (Å²) in [5, 5.41) is 0. The van der Waals surface area contributed by atoms with Crippen LogP contribution in [0.25, 0.3) is 0 Å². The van der Waals surface area contributed by atoms with Gasteiger partial charge in [-0.2, -0.15) is 0 Å². The zero-order chi connectivity index (χ0) is 8.43. The van der Waals surface area contributed by atoms with Crippen molar-refractivity contribution in [2.24, 2.45) is 5.92 Å². The van der Waals surface area contributed by atoms with E-state index < -0.39 is 0 Å². The SMILES string of the molecule is C=C(C)[C@@H]1CC=C(C)CC1=O. The van der Waals surface area contributed by atoms with Crippen LogP contribution in [0.15, 0.2) is 23.8 Å². The first-order valence-electron chi connectivity index (χ1n) is 3.95. The molecule has 0 saturated heterocycles.